The highest BCUT2D eigenvalue weighted by atomic mass is 32.3. The van der Waals surface area contributed by atoms with E-state index in [0.29, 0.717) is 12.5 Å². The molecule has 1 saturated heterocycles. The molecular weight excluding hydrogens is 397 g/mol. The Hall–Kier alpha value is -0.143. The molecule has 0 saturated carbocycles. The SMILES string of the molecule is C[Si](C)(C)CCCC1CS(=O)(=O)C(S(=O)(=O)C(F)(F)F)S1(=O)=O. The zero-order valence-electron chi connectivity index (χ0n) is 12.8. The molecule has 0 bridgehead atoms. The molecule has 1 aliphatic heterocycles. The van der Waals surface area contributed by atoms with Gasteiger partial charge >= 0.3 is 5.51 Å². The van der Waals surface area contributed by atoms with Gasteiger partial charge in [0.15, 0.2) is 19.7 Å². The molecule has 1 rings (SSSR count). The summed E-state index contributed by atoms with van der Waals surface area (Å²) in [5.74, 6) is -1.08. The van der Waals surface area contributed by atoms with Gasteiger partial charge in [-0.05, 0) is 6.42 Å². The third-order valence-electron chi connectivity index (χ3n) is 3.47. The van der Waals surface area contributed by atoms with E-state index < -0.39 is 58.0 Å². The average molecular weight is 417 g/mol. The summed E-state index contributed by atoms with van der Waals surface area (Å²) in [5, 5.41) is -1.61. The Morgan fingerprint density at radius 2 is 1.57 bits per heavy atom. The smallest absolute Gasteiger partial charge is 0.226 e. The van der Waals surface area contributed by atoms with Crippen molar-refractivity contribution in [2.75, 3.05) is 5.75 Å². The number of alkyl halides is 3. The molecule has 0 aromatic carbocycles. The van der Waals surface area contributed by atoms with Crippen LogP contribution in [0.15, 0.2) is 0 Å². The summed E-state index contributed by atoms with van der Waals surface area (Å²) in [6.07, 6.45) is 0.170. The molecular formula is C10H19F3O6S3Si. The third kappa shape index (κ3) is 4.28. The minimum absolute atomic E-state index is 0.157. The fourth-order valence-electron chi connectivity index (χ4n) is 2.38. The number of hydrogen-bond donors (Lipinski definition) is 0. The monoisotopic (exact) mass is 416 g/mol. The zero-order chi connectivity index (χ0) is 18.5. The lowest BCUT2D eigenvalue weighted by molar-refractivity contribution is -0.0434. The van der Waals surface area contributed by atoms with E-state index in [1.807, 2.05) is 19.6 Å². The van der Waals surface area contributed by atoms with Gasteiger partial charge < -0.3 is 0 Å². The van der Waals surface area contributed by atoms with Gasteiger partial charge in [-0.3, -0.25) is 0 Å². The molecule has 23 heavy (non-hydrogen) atoms. The van der Waals surface area contributed by atoms with E-state index in [-0.39, 0.29) is 6.42 Å². The van der Waals surface area contributed by atoms with Crippen LogP contribution in [0.2, 0.25) is 25.7 Å². The van der Waals surface area contributed by atoms with Crippen molar-refractivity contribution in [1.29, 1.82) is 0 Å². The molecule has 2 unspecified atom stereocenters. The van der Waals surface area contributed by atoms with Crippen molar-refractivity contribution in [2.24, 2.45) is 0 Å². The second kappa shape index (κ2) is 5.99. The summed E-state index contributed by atoms with van der Waals surface area (Å²) in [5.41, 5.74) is -5.94. The van der Waals surface area contributed by atoms with Crippen LogP contribution in [0, 0.1) is 0 Å². The lowest BCUT2D eigenvalue weighted by Crippen LogP contribution is -2.41. The van der Waals surface area contributed by atoms with E-state index in [1.165, 1.54) is 0 Å². The molecule has 6 nitrogen and oxygen atoms in total. The first-order valence-corrected chi connectivity index (χ1v) is 15.3. The normalized spacial score (nSPS) is 27.9. The van der Waals surface area contributed by atoms with Crippen molar-refractivity contribution in [1.82, 2.24) is 0 Å². The first kappa shape index (κ1) is 20.9. The molecule has 0 radical (unpaired) electrons. The number of rotatable bonds is 5. The maximum Gasteiger partial charge on any atom is 0.499 e. The van der Waals surface area contributed by atoms with E-state index in [1.54, 1.807) is 0 Å². The van der Waals surface area contributed by atoms with Gasteiger partial charge in [-0.2, -0.15) is 13.2 Å². The maximum atomic E-state index is 12.6. The van der Waals surface area contributed by atoms with E-state index >= 15 is 0 Å². The number of halogens is 3. The summed E-state index contributed by atoms with van der Waals surface area (Å²) in [4.78, 5) is 0. The Morgan fingerprint density at radius 1 is 1.09 bits per heavy atom. The highest BCUT2D eigenvalue weighted by molar-refractivity contribution is 8.26. The summed E-state index contributed by atoms with van der Waals surface area (Å²) in [7, 11) is -17.8. The van der Waals surface area contributed by atoms with Crippen LogP contribution in [-0.2, 0) is 29.5 Å². The van der Waals surface area contributed by atoms with Gasteiger partial charge in [-0.25, -0.2) is 25.3 Å². The Morgan fingerprint density at radius 3 is 1.96 bits per heavy atom. The Labute approximate surface area is 135 Å². The first-order chi connectivity index (χ1) is 9.93. The molecule has 1 aliphatic rings. The van der Waals surface area contributed by atoms with E-state index in [9.17, 15) is 38.4 Å². The van der Waals surface area contributed by atoms with Crippen molar-refractivity contribution in [2.45, 2.75) is 53.2 Å². The van der Waals surface area contributed by atoms with Crippen LogP contribution in [0.3, 0.4) is 0 Å². The van der Waals surface area contributed by atoms with Crippen LogP contribution < -0.4 is 0 Å². The van der Waals surface area contributed by atoms with Gasteiger partial charge in [0.05, 0.1) is 11.0 Å². The van der Waals surface area contributed by atoms with Crippen LogP contribution >= 0.6 is 0 Å². The Bertz CT molecular complexity index is 762. The molecule has 13 heteroatoms. The molecule has 1 heterocycles. The van der Waals surface area contributed by atoms with Gasteiger partial charge in [0.25, 0.3) is 13.8 Å². The Kier molecular flexibility index (Phi) is 5.44. The summed E-state index contributed by atoms with van der Waals surface area (Å²) in [6.45, 7) is 6.01. The lowest BCUT2D eigenvalue weighted by Gasteiger charge is -2.17. The van der Waals surface area contributed by atoms with Gasteiger partial charge in [-0.15, -0.1) is 0 Å². The molecule has 1 fully saturated rings. The standard InChI is InChI=1S/C10H19F3O6S3Si/c1-23(2,3)6-4-5-8-7-20(14,15)9(21(8,16)17)22(18,19)10(11,12)13/h8-9H,4-7H2,1-3H3. The van der Waals surface area contributed by atoms with Crippen LogP contribution in [0.4, 0.5) is 13.2 Å². The van der Waals surface area contributed by atoms with Crippen molar-refractivity contribution in [3.8, 4) is 0 Å². The highest BCUT2D eigenvalue weighted by Crippen LogP contribution is 2.39. The molecule has 0 aromatic rings. The van der Waals surface area contributed by atoms with E-state index in [0.717, 1.165) is 0 Å². The topological polar surface area (TPSA) is 102 Å². The van der Waals surface area contributed by atoms with Crippen molar-refractivity contribution >= 4 is 37.6 Å². The van der Waals surface area contributed by atoms with Crippen LogP contribution in [-0.4, -0.2) is 53.8 Å². The van der Waals surface area contributed by atoms with Gasteiger partial charge in [0, 0.05) is 8.07 Å². The molecule has 0 amide bonds. The lowest BCUT2D eigenvalue weighted by atomic mass is 10.3. The fraction of sp³-hybridized carbons (Fsp3) is 1.00. The van der Waals surface area contributed by atoms with Gasteiger partial charge in [-0.1, -0.05) is 32.1 Å². The molecule has 0 spiro atoms. The summed E-state index contributed by atoms with van der Waals surface area (Å²) >= 11 is 0. The van der Waals surface area contributed by atoms with E-state index in [2.05, 4.69) is 0 Å². The van der Waals surface area contributed by atoms with Crippen molar-refractivity contribution < 1.29 is 38.4 Å². The maximum absolute atomic E-state index is 12.6. The van der Waals surface area contributed by atoms with Crippen LogP contribution in [0.5, 0.6) is 0 Å². The molecule has 0 aliphatic carbocycles. The van der Waals surface area contributed by atoms with Crippen molar-refractivity contribution in [3.05, 3.63) is 0 Å². The summed E-state index contributed by atoms with van der Waals surface area (Å²) in [6, 6.07) is 0.662. The van der Waals surface area contributed by atoms with Gasteiger partial charge in [0.1, 0.15) is 0 Å². The van der Waals surface area contributed by atoms with Gasteiger partial charge in [0.2, 0.25) is 0 Å². The largest absolute Gasteiger partial charge is 0.499 e. The molecule has 138 valence electrons. The molecule has 0 N–H and O–H groups in total. The fourth-order valence-corrected chi connectivity index (χ4v) is 13.5. The van der Waals surface area contributed by atoms with E-state index in [4.69, 9.17) is 0 Å². The Balaban J connectivity index is 3.18. The predicted octanol–water partition coefficient (Wildman–Crippen LogP) is 1.53. The zero-order valence-corrected chi connectivity index (χ0v) is 16.2. The second-order valence-corrected chi connectivity index (χ2v) is 19.8. The highest BCUT2D eigenvalue weighted by Gasteiger charge is 2.66. The molecule has 0 aromatic heterocycles. The van der Waals surface area contributed by atoms with Crippen molar-refractivity contribution in [3.63, 3.8) is 0 Å². The minimum atomic E-state index is -6.35. The second-order valence-electron chi connectivity index (χ2n) is 6.77. The predicted molar refractivity (Wildman–Crippen MR) is 82.6 cm³/mol. The third-order valence-corrected chi connectivity index (χ3v) is 14.9. The number of hydrogen-bond acceptors (Lipinski definition) is 6. The minimum Gasteiger partial charge on any atom is -0.226 e. The first-order valence-electron chi connectivity index (χ1n) is 6.67. The average Bonchev–Trinajstić information content (AvgIpc) is 2.40. The number of sulfone groups is 3. The quantitative estimate of drug-likeness (QED) is 0.630. The molecule has 2 atom stereocenters. The van der Waals surface area contributed by atoms with Crippen LogP contribution in [0.1, 0.15) is 12.8 Å². The van der Waals surface area contributed by atoms with Crippen LogP contribution in [0.25, 0.3) is 0 Å². The summed E-state index contributed by atoms with van der Waals surface area (Å²) < 4.78 is 105.